The summed E-state index contributed by atoms with van der Waals surface area (Å²) in [5.41, 5.74) is 5.53. The minimum atomic E-state index is 0.698. The van der Waals surface area contributed by atoms with Gasteiger partial charge in [-0.3, -0.25) is 0 Å². The van der Waals surface area contributed by atoms with E-state index in [-0.39, 0.29) is 0 Å². The predicted molar refractivity (Wildman–Crippen MR) is 80.4 cm³/mol. The fourth-order valence-corrected chi connectivity index (χ4v) is 5.70. The van der Waals surface area contributed by atoms with Gasteiger partial charge in [-0.15, -0.1) is 0 Å². The second-order valence-electron chi connectivity index (χ2n) is 7.70. The van der Waals surface area contributed by atoms with E-state index in [1.165, 1.54) is 50.5 Å². The fourth-order valence-electron chi connectivity index (χ4n) is 5.70. The maximum atomic E-state index is 2.59. The van der Waals surface area contributed by atoms with E-state index in [0.717, 1.165) is 17.8 Å². The monoisotopic (exact) mass is 254 g/mol. The lowest BCUT2D eigenvalue weighted by atomic mass is 9.56. The largest absolute Gasteiger partial charge is 0.0594 e. The molecular weight excluding hydrogens is 228 g/mol. The van der Waals surface area contributed by atoms with Crippen LogP contribution in [0.5, 0.6) is 0 Å². The Labute approximate surface area is 117 Å². The average molecular weight is 254 g/mol. The zero-order valence-electron chi connectivity index (χ0n) is 12.4. The highest BCUT2D eigenvalue weighted by molar-refractivity contribution is 5.37. The van der Waals surface area contributed by atoms with Crippen LogP contribution in [0.1, 0.15) is 68.1 Å². The maximum absolute atomic E-state index is 2.59. The molecule has 0 aromatic heterocycles. The molecule has 0 heterocycles. The summed E-state index contributed by atoms with van der Waals surface area (Å²) in [6, 6.07) is 7.25. The van der Waals surface area contributed by atoms with Gasteiger partial charge < -0.3 is 0 Å². The smallest absolute Gasteiger partial charge is 0.0128 e. The zero-order chi connectivity index (χ0) is 13.0. The molecule has 0 saturated heterocycles. The first-order valence-electron chi connectivity index (χ1n) is 8.27. The van der Waals surface area contributed by atoms with Gasteiger partial charge >= 0.3 is 0 Å². The van der Waals surface area contributed by atoms with Crippen LogP contribution >= 0.6 is 0 Å². The molecule has 102 valence electrons. The summed E-state index contributed by atoms with van der Waals surface area (Å²) in [6.07, 6.45) is 10.2. The number of aryl methyl sites for hydroxylation is 2. The third-order valence-electron chi connectivity index (χ3n) is 6.66. The van der Waals surface area contributed by atoms with Crippen LogP contribution in [0.15, 0.2) is 18.2 Å². The van der Waals surface area contributed by atoms with E-state index in [9.17, 15) is 0 Å². The second kappa shape index (κ2) is 4.11. The molecule has 0 amide bonds. The van der Waals surface area contributed by atoms with E-state index in [0.29, 0.717) is 5.41 Å². The predicted octanol–water partition coefficient (Wildman–Crippen LogP) is 5.24. The number of hydrogen-bond donors (Lipinski definition) is 0. The van der Waals surface area contributed by atoms with Crippen LogP contribution in [0.4, 0.5) is 0 Å². The highest BCUT2D eigenvalue weighted by Gasteiger charge is 2.49. The molecule has 3 unspecified atom stereocenters. The molecule has 0 aliphatic heterocycles. The highest BCUT2D eigenvalue weighted by atomic mass is 14.5. The van der Waals surface area contributed by atoms with Crippen LogP contribution in [0.25, 0.3) is 0 Å². The van der Waals surface area contributed by atoms with Gasteiger partial charge in [-0.25, -0.2) is 0 Å². The van der Waals surface area contributed by atoms with Gasteiger partial charge in [-0.2, -0.15) is 0 Å². The minimum Gasteiger partial charge on any atom is -0.0594 e. The summed E-state index contributed by atoms with van der Waals surface area (Å²) in [4.78, 5) is 0. The molecule has 2 saturated carbocycles. The van der Waals surface area contributed by atoms with Crippen molar-refractivity contribution in [2.75, 3.05) is 0 Å². The molecule has 0 radical (unpaired) electrons. The van der Waals surface area contributed by atoms with Crippen molar-refractivity contribution in [1.82, 2.24) is 0 Å². The van der Waals surface area contributed by atoms with Crippen LogP contribution in [-0.2, 0) is 6.42 Å². The van der Waals surface area contributed by atoms with Crippen LogP contribution < -0.4 is 0 Å². The Hall–Kier alpha value is -0.780. The van der Waals surface area contributed by atoms with Gasteiger partial charge in [0.05, 0.1) is 0 Å². The first-order valence-corrected chi connectivity index (χ1v) is 8.27. The molecule has 0 heteroatoms. The fraction of sp³-hybridized carbons (Fsp3) is 0.684. The first-order chi connectivity index (χ1) is 9.17. The Morgan fingerprint density at radius 1 is 1.11 bits per heavy atom. The Bertz CT molecular complexity index is 501. The summed E-state index contributed by atoms with van der Waals surface area (Å²) in [5, 5.41) is 0. The Balaban J connectivity index is 1.72. The molecule has 0 bridgehead atoms. The van der Waals surface area contributed by atoms with Crippen molar-refractivity contribution < 1.29 is 0 Å². The van der Waals surface area contributed by atoms with Gasteiger partial charge in [0, 0.05) is 0 Å². The van der Waals surface area contributed by atoms with E-state index < -0.39 is 0 Å². The SMILES string of the molecule is Cc1ccc2c(c1)CCC1C2CC[C@]2(C)CCCC12. The standard InChI is InChI=1S/C19H26/c1-13-5-7-15-14(12-13)6-8-17-16(15)9-11-19(2)10-3-4-18(17)19/h5,7,12,16-18H,3-4,6,8-11H2,1-2H3/t16?,17?,18?,19-/m0/s1. The van der Waals surface area contributed by atoms with Crippen LogP contribution in [0.3, 0.4) is 0 Å². The maximum Gasteiger partial charge on any atom is -0.0128 e. The van der Waals surface area contributed by atoms with Crippen LogP contribution in [-0.4, -0.2) is 0 Å². The first kappa shape index (κ1) is 12.0. The molecule has 3 aliphatic rings. The summed E-state index contributed by atoms with van der Waals surface area (Å²) >= 11 is 0. The quantitative estimate of drug-likeness (QED) is 0.594. The number of rotatable bonds is 0. The van der Waals surface area contributed by atoms with E-state index in [4.69, 9.17) is 0 Å². The molecule has 0 spiro atoms. The van der Waals surface area contributed by atoms with Crippen molar-refractivity contribution in [3.8, 4) is 0 Å². The number of benzene rings is 1. The number of fused-ring (bicyclic) bond motifs is 5. The molecule has 0 nitrogen and oxygen atoms in total. The molecule has 4 atom stereocenters. The molecule has 0 N–H and O–H groups in total. The van der Waals surface area contributed by atoms with Gasteiger partial charge in [0.2, 0.25) is 0 Å². The van der Waals surface area contributed by atoms with Gasteiger partial charge in [0.15, 0.2) is 0 Å². The molecule has 2 fully saturated rings. The zero-order valence-corrected chi connectivity index (χ0v) is 12.4. The molecule has 1 aromatic carbocycles. The molecule has 4 rings (SSSR count). The van der Waals surface area contributed by atoms with Crippen molar-refractivity contribution in [1.29, 1.82) is 0 Å². The van der Waals surface area contributed by atoms with Crippen molar-refractivity contribution in [2.45, 2.75) is 64.7 Å². The van der Waals surface area contributed by atoms with E-state index in [1.54, 1.807) is 11.1 Å². The van der Waals surface area contributed by atoms with Crippen LogP contribution in [0.2, 0.25) is 0 Å². The minimum absolute atomic E-state index is 0.698. The van der Waals surface area contributed by atoms with Crippen molar-refractivity contribution in [2.24, 2.45) is 17.3 Å². The second-order valence-corrected chi connectivity index (χ2v) is 7.70. The molecule has 1 aromatic rings. The van der Waals surface area contributed by atoms with Gasteiger partial charge in [-0.05, 0) is 79.7 Å². The Kier molecular flexibility index (Phi) is 2.59. The summed E-state index contributed by atoms with van der Waals surface area (Å²) < 4.78 is 0. The van der Waals surface area contributed by atoms with E-state index in [2.05, 4.69) is 32.0 Å². The lowest BCUT2D eigenvalue weighted by Gasteiger charge is -2.49. The topological polar surface area (TPSA) is 0 Å². The highest BCUT2D eigenvalue weighted by Crippen LogP contribution is 2.60. The Morgan fingerprint density at radius 3 is 2.89 bits per heavy atom. The third kappa shape index (κ3) is 1.72. The lowest BCUT2D eigenvalue weighted by molar-refractivity contribution is 0.0598. The normalized spacial score (nSPS) is 40.4. The van der Waals surface area contributed by atoms with Crippen molar-refractivity contribution in [3.63, 3.8) is 0 Å². The third-order valence-corrected chi connectivity index (χ3v) is 6.66. The van der Waals surface area contributed by atoms with E-state index >= 15 is 0 Å². The number of hydrogen-bond acceptors (Lipinski definition) is 0. The van der Waals surface area contributed by atoms with Crippen molar-refractivity contribution in [3.05, 3.63) is 34.9 Å². The average Bonchev–Trinajstić information content (AvgIpc) is 2.79. The van der Waals surface area contributed by atoms with Gasteiger partial charge in [-0.1, -0.05) is 37.1 Å². The van der Waals surface area contributed by atoms with Crippen LogP contribution in [0, 0.1) is 24.2 Å². The van der Waals surface area contributed by atoms with Gasteiger partial charge in [0.25, 0.3) is 0 Å². The van der Waals surface area contributed by atoms with Gasteiger partial charge in [0.1, 0.15) is 0 Å². The lowest BCUT2D eigenvalue weighted by Crippen LogP contribution is -2.39. The van der Waals surface area contributed by atoms with E-state index in [1.807, 2.05) is 0 Å². The molecular formula is C19H26. The molecule has 3 aliphatic carbocycles. The molecule has 19 heavy (non-hydrogen) atoms. The van der Waals surface area contributed by atoms with Crippen molar-refractivity contribution >= 4 is 0 Å². The summed E-state index contributed by atoms with van der Waals surface area (Å²) in [5.74, 6) is 2.91. The Morgan fingerprint density at radius 2 is 2.00 bits per heavy atom. The summed E-state index contributed by atoms with van der Waals surface area (Å²) in [6.45, 7) is 4.83. The summed E-state index contributed by atoms with van der Waals surface area (Å²) in [7, 11) is 0.